The number of hydrogen-bond donors (Lipinski definition) is 3. The number of aromatic amines is 1. The van der Waals surface area contributed by atoms with E-state index in [-0.39, 0.29) is 24.0 Å². The van der Waals surface area contributed by atoms with Crippen LogP contribution in [0.1, 0.15) is 45.4 Å². The zero-order chi connectivity index (χ0) is 17.2. The molecule has 0 radical (unpaired) electrons. The van der Waals surface area contributed by atoms with Crippen molar-refractivity contribution in [3.8, 4) is 11.6 Å². The van der Waals surface area contributed by atoms with E-state index in [1.54, 1.807) is 13.3 Å². The topological polar surface area (TPSA) is 91.1 Å². The average Bonchev–Trinajstić information content (AvgIpc) is 3.25. The van der Waals surface area contributed by atoms with Crippen molar-refractivity contribution < 1.29 is 4.42 Å². The minimum Gasteiger partial charge on any atom is -0.461 e. The molecule has 2 rings (SSSR count). The molecule has 140 valence electrons. The van der Waals surface area contributed by atoms with Crippen LogP contribution >= 0.6 is 24.0 Å². The molecule has 2 aromatic rings. The third kappa shape index (κ3) is 7.45. The van der Waals surface area contributed by atoms with Crippen molar-refractivity contribution in [2.45, 2.75) is 52.0 Å². The van der Waals surface area contributed by atoms with Gasteiger partial charge in [-0.25, -0.2) is 4.98 Å². The molecule has 2 heterocycles. The molecule has 0 bridgehead atoms. The van der Waals surface area contributed by atoms with E-state index in [0.717, 1.165) is 31.2 Å². The molecule has 3 N–H and O–H groups in total. The number of H-pyrrole nitrogens is 1. The lowest BCUT2D eigenvalue weighted by Gasteiger charge is -2.17. The summed E-state index contributed by atoms with van der Waals surface area (Å²) in [4.78, 5) is 8.69. The number of rotatable bonds is 9. The molecule has 8 heteroatoms. The van der Waals surface area contributed by atoms with Crippen LogP contribution in [-0.2, 0) is 6.42 Å². The maximum absolute atomic E-state index is 5.29. The molecular formula is C17H29IN6O. The second-order valence-electron chi connectivity index (χ2n) is 5.87. The Morgan fingerprint density at radius 3 is 2.92 bits per heavy atom. The van der Waals surface area contributed by atoms with E-state index >= 15 is 0 Å². The molecule has 1 atom stereocenters. The number of furan rings is 1. The zero-order valence-electron chi connectivity index (χ0n) is 15.2. The van der Waals surface area contributed by atoms with Gasteiger partial charge in [-0.05, 0) is 25.5 Å². The van der Waals surface area contributed by atoms with Gasteiger partial charge in [0, 0.05) is 26.1 Å². The van der Waals surface area contributed by atoms with Crippen LogP contribution in [0.5, 0.6) is 0 Å². The first-order chi connectivity index (χ1) is 11.7. The van der Waals surface area contributed by atoms with E-state index in [9.17, 15) is 0 Å². The molecule has 2 aromatic heterocycles. The van der Waals surface area contributed by atoms with E-state index < -0.39 is 0 Å². The van der Waals surface area contributed by atoms with Crippen molar-refractivity contribution in [2.75, 3.05) is 13.6 Å². The largest absolute Gasteiger partial charge is 0.461 e. The van der Waals surface area contributed by atoms with Gasteiger partial charge in [0.25, 0.3) is 0 Å². The van der Waals surface area contributed by atoms with Crippen molar-refractivity contribution in [1.82, 2.24) is 25.8 Å². The Morgan fingerprint density at radius 1 is 1.40 bits per heavy atom. The number of aliphatic imine (C=N–C) groups is 1. The molecule has 0 amide bonds. The van der Waals surface area contributed by atoms with E-state index in [0.29, 0.717) is 17.6 Å². The van der Waals surface area contributed by atoms with E-state index in [2.05, 4.69) is 44.7 Å². The molecule has 0 spiro atoms. The first kappa shape index (κ1) is 21.5. The average molecular weight is 460 g/mol. The Hall–Kier alpha value is -1.58. The number of nitrogens with one attached hydrogen (secondary N) is 3. The van der Waals surface area contributed by atoms with Crippen molar-refractivity contribution in [3.63, 3.8) is 0 Å². The third-order valence-corrected chi connectivity index (χ3v) is 3.77. The van der Waals surface area contributed by atoms with Crippen LogP contribution < -0.4 is 10.6 Å². The summed E-state index contributed by atoms with van der Waals surface area (Å²) in [7, 11) is 1.79. The van der Waals surface area contributed by atoms with Crippen LogP contribution in [0, 0.1) is 0 Å². The minimum atomic E-state index is 0. The predicted molar refractivity (Wildman–Crippen MR) is 111 cm³/mol. The summed E-state index contributed by atoms with van der Waals surface area (Å²) in [6.45, 7) is 5.14. The molecule has 0 aromatic carbocycles. The van der Waals surface area contributed by atoms with Gasteiger partial charge in [0.2, 0.25) is 5.82 Å². The molecule has 25 heavy (non-hydrogen) atoms. The zero-order valence-corrected chi connectivity index (χ0v) is 17.5. The van der Waals surface area contributed by atoms with E-state index in [4.69, 9.17) is 4.42 Å². The Labute approximate surface area is 166 Å². The molecular weight excluding hydrogens is 431 g/mol. The van der Waals surface area contributed by atoms with Gasteiger partial charge >= 0.3 is 0 Å². The van der Waals surface area contributed by atoms with Crippen LogP contribution in [0.3, 0.4) is 0 Å². The normalized spacial score (nSPS) is 12.5. The van der Waals surface area contributed by atoms with Crippen molar-refractivity contribution in [3.05, 3.63) is 24.2 Å². The van der Waals surface area contributed by atoms with E-state index in [1.165, 1.54) is 19.3 Å². The fraction of sp³-hybridized carbons (Fsp3) is 0.588. The highest BCUT2D eigenvalue weighted by atomic mass is 127. The first-order valence-corrected chi connectivity index (χ1v) is 8.65. The van der Waals surface area contributed by atoms with Gasteiger partial charge < -0.3 is 15.1 Å². The fourth-order valence-corrected chi connectivity index (χ4v) is 2.42. The maximum atomic E-state index is 5.29. The molecule has 0 aliphatic carbocycles. The molecule has 7 nitrogen and oxygen atoms in total. The minimum absolute atomic E-state index is 0. The summed E-state index contributed by atoms with van der Waals surface area (Å²) >= 11 is 0. The van der Waals surface area contributed by atoms with Gasteiger partial charge in [-0.15, -0.1) is 24.0 Å². The quantitative estimate of drug-likeness (QED) is 0.231. The Kier molecular flexibility index (Phi) is 10.2. The lowest BCUT2D eigenvalue weighted by Crippen LogP contribution is -2.42. The molecule has 0 fully saturated rings. The van der Waals surface area contributed by atoms with Crippen molar-refractivity contribution >= 4 is 29.9 Å². The summed E-state index contributed by atoms with van der Waals surface area (Å²) in [5.74, 6) is 2.90. The molecule has 0 saturated heterocycles. The highest BCUT2D eigenvalue weighted by Gasteiger charge is 2.09. The summed E-state index contributed by atoms with van der Waals surface area (Å²) < 4.78 is 5.29. The fourth-order valence-electron chi connectivity index (χ4n) is 2.42. The summed E-state index contributed by atoms with van der Waals surface area (Å²) in [6.07, 6.45) is 7.28. The number of unbranched alkanes of at least 4 members (excludes halogenated alkanes) is 2. The second kappa shape index (κ2) is 11.9. The first-order valence-electron chi connectivity index (χ1n) is 8.65. The molecule has 0 saturated carbocycles. The van der Waals surface area contributed by atoms with E-state index in [1.807, 2.05) is 12.1 Å². The van der Waals surface area contributed by atoms with Crippen LogP contribution in [0.25, 0.3) is 11.6 Å². The van der Waals surface area contributed by atoms with Gasteiger partial charge in [-0.3, -0.25) is 10.1 Å². The van der Waals surface area contributed by atoms with Gasteiger partial charge in [0.05, 0.1) is 6.26 Å². The molecule has 1 unspecified atom stereocenters. The highest BCUT2D eigenvalue weighted by Crippen LogP contribution is 2.14. The highest BCUT2D eigenvalue weighted by molar-refractivity contribution is 14.0. The molecule has 0 aliphatic heterocycles. The Morgan fingerprint density at radius 2 is 2.24 bits per heavy atom. The standard InChI is InChI=1S/C17H28N6O.HI/c1-4-5-6-8-13(2)20-17(18-3)19-11-10-15-21-16(23-22-15)14-9-7-12-24-14;/h7,9,12-13H,4-6,8,10-11H2,1-3H3,(H2,18,19,20)(H,21,22,23);1H. The number of hydrogen-bond acceptors (Lipinski definition) is 4. The van der Waals surface area contributed by atoms with Crippen molar-refractivity contribution in [2.24, 2.45) is 4.99 Å². The number of nitrogens with zero attached hydrogens (tertiary/aromatic N) is 3. The number of halogens is 1. The monoisotopic (exact) mass is 460 g/mol. The second-order valence-corrected chi connectivity index (χ2v) is 5.87. The van der Waals surface area contributed by atoms with Crippen LogP contribution in [0.4, 0.5) is 0 Å². The van der Waals surface area contributed by atoms with Gasteiger partial charge in [-0.2, -0.15) is 5.10 Å². The van der Waals surface area contributed by atoms with Crippen LogP contribution in [-0.4, -0.2) is 40.8 Å². The summed E-state index contributed by atoms with van der Waals surface area (Å²) in [5, 5.41) is 13.8. The Balaban J connectivity index is 0.00000312. The third-order valence-electron chi connectivity index (χ3n) is 3.77. The van der Waals surface area contributed by atoms with Crippen LogP contribution in [0.15, 0.2) is 27.8 Å². The lowest BCUT2D eigenvalue weighted by molar-refractivity contribution is 0.546. The maximum Gasteiger partial charge on any atom is 0.216 e. The molecule has 0 aliphatic rings. The summed E-state index contributed by atoms with van der Waals surface area (Å²) in [5.41, 5.74) is 0. The predicted octanol–water partition coefficient (Wildman–Crippen LogP) is 3.36. The van der Waals surface area contributed by atoms with Crippen molar-refractivity contribution in [1.29, 1.82) is 0 Å². The number of aromatic nitrogens is 3. The number of guanidine groups is 1. The Bertz CT molecular complexity index is 610. The SMILES string of the molecule is CCCCCC(C)NC(=NC)NCCc1nc(-c2ccco2)n[nH]1.I. The van der Waals surface area contributed by atoms with Gasteiger partial charge in [-0.1, -0.05) is 26.2 Å². The smallest absolute Gasteiger partial charge is 0.216 e. The van der Waals surface area contributed by atoms with Gasteiger partial charge in [0.1, 0.15) is 5.82 Å². The van der Waals surface area contributed by atoms with Gasteiger partial charge in [0.15, 0.2) is 11.7 Å². The lowest BCUT2D eigenvalue weighted by atomic mass is 10.1. The van der Waals surface area contributed by atoms with Crippen LogP contribution in [0.2, 0.25) is 0 Å². The summed E-state index contributed by atoms with van der Waals surface area (Å²) in [6, 6.07) is 4.08.